The lowest BCUT2D eigenvalue weighted by Crippen LogP contribution is -2.24. The topological polar surface area (TPSA) is 55.6 Å². The summed E-state index contributed by atoms with van der Waals surface area (Å²) < 4.78 is 0. The van der Waals surface area contributed by atoms with E-state index in [1.165, 1.54) is 71.9 Å². The molecule has 0 bridgehead atoms. The summed E-state index contributed by atoms with van der Waals surface area (Å²) in [6.45, 7) is 2.88. The summed E-state index contributed by atoms with van der Waals surface area (Å²) in [5.74, 6) is 0. The van der Waals surface area contributed by atoms with Crippen LogP contribution in [0.1, 0.15) is 38.9 Å². The van der Waals surface area contributed by atoms with E-state index < -0.39 is 0 Å². The van der Waals surface area contributed by atoms with Crippen molar-refractivity contribution in [1.82, 2.24) is 20.6 Å². The largest absolute Gasteiger partial charge is 0.361 e. The Kier molecular flexibility index (Phi) is 6.28. The third-order valence-electron chi connectivity index (χ3n) is 8.36. The zero-order chi connectivity index (χ0) is 26.2. The van der Waals surface area contributed by atoms with Crippen LogP contribution in [0.5, 0.6) is 0 Å². The van der Waals surface area contributed by atoms with Gasteiger partial charge in [0.15, 0.2) is 0 Å². The monoisotopic (exact) mass is 510 g/mol. The molecule has 0 unspecified atom stereocenters. The maximum Gasteiger partial charge on any atom is 0.0460 e. The Balaban J connectivity index is 1.42. The van der Waals surface area contributed by atoms with Gasteiger partial charge in [0.25, 0.3) is 0 Å². The van der Waals surface area contributed by atoms with Gasteiger partial charge in [0.05, 0.1) is 0 Å². The molecule has 7 rings (SSSR count). The summed E-state index contributed by atoms with van der Waals surface area (Å²) in [7, 11) is 2.02. The maximum atomic E-state index is 3.59. The Morgan fingerprint density at radius 2 is 1.54 bits per heavy atom. The predicted octanol–water partition coefficient (Wildman–Crippen LogP) is 6.86. The highest BCUT2D eigenvalue weighted by Gasteiger charge is 2.19. The summed E-state index contributed by atoms with van der Waals surface area (Å²) in [5, 5.41) is 9.48. The number of benzene rings is 4. The van der Waals surface area contributed by atoms with Crippen LogP contribution in [-0.4, -0.2) is 23.6 Å². The second-order valence-electron chi connectivity index (χ2n) is 10.7. The second kappa shape index (κ2) is 10.2. The summed E-state index contributed by atoms with van der Waals surface area (Å²) in [4.78, 5) is 6.95. The van der Waals surface area contributed by atoms with Crippen LogP contribution in [0.2, 0.25) is 0 Å². The summed E-state index contributed by atoms with van der Waals surface area (Å²) in [5.41, 5.74) is 14.9. The maximum absolute atomic E-state index is 3.59. The van der Waals surface area contributed by atoms with Crippen molar-refractivity contribution < 1.29 is 0 Å². The van der Waals surface area contributed by atoms with Gasteiger partial charge in [-0.05, 0) is 119 Å². The Morgan fingerprint density at radius 1 is 0.718 bits per heavy atom. The zero-order valence-corrected chi connectivity index (χ0v) is 22.4. The van der Waals surface area contributed by atoms with Crippen molar-refractivity contribution in [2.45, 2.75) is 32.4 Å². The summed E-state index contributed by atoms with van der Waals surface area (Å²) >= 11 is 0. The van der Waals surface area contributed by atoms with E-state index in [0.29, 0.717) is 0 Å². The Labute approximate surface area is 229 Å². The number of nitrogens with one attached hydrogen (secondary N) is 4. The molecule has 0 fully saturated rings. The number of rotatable bonds is 7. The SMILES string of the molecule is CNCc1ccccc1Cc1cc2cc[nH]c2cc1-c1c(Cc2cccc3c2CNCC3)ccc2[nH]ccc12. The minimum Gasteiger partial charge on any atom is -0.361 e. The van der Waals surface area contributed by atoms with Gasteiger partial charge < -0.3 is 20.6 Å². The van der Waals surface area contributed by atoms with Gasteiger partial charge in [-0.2, -0.15) is 0 Å². The molecule has 1 aliphatic heterocycles. The smallest absolute Gasteiger partial charge is 0.0460 e. The van der Waals surface area contributed by atoms with Crippen molar-refractivity contribution in [2.75, 3.05) is 13.6 Å². The quantitative estimate of drug-likeness (QED) is 0.190. The minimum absolute atomic E-state index is 0.865. The van der Waals surface area contributed by atoms with Crippen molar-refractivity contribution in [3.63, 3.8) is 0 Å². The zero-order valence-electron chi connectivity index (χ0n) is 22.4. The van der Waals surface area contributed by atoms with Gasteiger partial charge in [0.1, 0.15) is 0 Å². The molecule has 0 saturated carbocycles. The molecule has 4 heteroatoms. The molecule has 4 nitrogen and oxygen atoms in total. The van der Waals surface area contributed by atoms with Crippen molar-refractivity contribution in [3.8, 4) is 11.1 Å². The average molecular weight is 511 g/mol. The van der Waals surface area contributed by atoms with E-state index in [0.717, 1.165) is 38.9 Å². The van der Waals surface area contributed by atoms with Gasteiger partial charge in [0, 0.05) is 41.9 Å². The van der Waals surface area contributed by atoms with E-state index in [1.807, 2.05) is 13.2 Å². The van der Waals surface area contributed by atoms with Gasteiger partial charge in [-0.15, -0.1) is 0 Å². The number of H-pyrrole nitrogens is 2. The van der Waals surface area contributed by atoms with E-state index in [4.69, 9.17) is 0 Å². The van der Waals surface area contributed by atoms with E-state index in [-0.39, 0.29) is 0 Å². The van der Waals surface area contributed by atoms with Gasteiger partial charge in [-0.25, -0.2) is 0 Å². The third kappa shape index (κ3) is 4.46. The van der Waals surface area contributed by atoms with E-state index in [1.54, 1.807) is 0 Å². The first-order chi connectivity index (χ1) is 19.3. The molecule has 0 radical (unpaired) electrons. The molecule has 4 N–H and O–H groups in total. The van der Waals surface area contributed by atoms with Crippen molar-refractivity contribution >= 4 is 21.8 Å². The molecule has 3 heterocycles. The first-order valence-electron chi connectivity index (χ1n) is 14.0. The fourth-order valence-corrected chi connectivity index (χ4v) is 6.42. The Hall–Kier alpha value is -4.12. The molecule has 2 aromatic heterocycles. The van der Waals surface area contributed by atoms with Gasteiger partial charge in [-0.3, -0.25) is 0 Å². The van der Waals surface area contributed by atoms with E-state index in [2.05, 4.69) is 106 Å². The highest BCUT2D eigenvalue weighted by atomic mass is 14.9. The molecule has 0 aliphatic carbocycles. The minimum atomic E-state index is 0.865. The molecule has 0 atom stereocenters. The summed E-state index contributed by atoms with van der Waals surface area (Å²) in [6.07, 6.45) is 7.03. The molecule has 0 amide bonds. The number of hydrogen-bond donors (Lipinski definition) is 4. The fourth-order valence-electron chi connectivity index (χ4n) is 6.42. The van der Waals surface area contributed by atoms with Crippen molar-refractivity contribution in [1.29, 1.82) is 0 Å². The molecule has 6 aromatic rings. The predicted molar refractivity (Wildman–Crippen MR) is 162 cm³/mol. The van der Waals surface area contributed by atoms with Crippen LogP contribution in [0.3, 0.4) is 0 Å². The molecular formula is C35H34N4. The molecule has 0 spiro atoms. The Morgan fingerprint density at radius 3 is 2.46 bits per heavy atom. The van der Waals surface area contributed by atoms with Crippen LogP contribution in [-0.2, 0) is 32.4 Å². The van der Waals surface area contributed by atoms with Gasteiger partial charge in [0.2, 0.25) is 0 Å². The third-order valence-corrected chi connectivity index (χ3v) is 8.36. The van der Waals surface area contributed by atoms with Crippen molar-refractivity contribution in [3.05, 3.63) is 130 Å². The first-order valence-corrected chi connectivity index (χ1v) is 14.0. The van der Waals surface area contributed by atoms with Crippen LogP contribution >= 0.6 is 0 Å². The lowest BCUT2D eigenvalue weighted by Gasteiger charge is -2.22. The molecular weight excluding hydrogens is 476 g/mol. The Bertz CT molecular complexity index is 1790. The van der Waals surface area contributed by atoms with Crippen LogP contribution in [0.25, 0.3) is 32.9 Å². The fraction of sp³-hybridized carbons (Fsp3) is 0.200. The number of aromatic amines is 2. The second-order valence-corrected chi connectivity index (χ2v) is 10.7. The normalized spacial score (nSPS) is 13.3. The van der Waals surface area contributed by atoms with Crippen LogP contribution in [0, 0.1) is 0 Å². The number of fused-ring (bicyclic) bond motifs is 3. The highest BCUT2D eigenvalue weighted by molar-refractivity contribution is 6.00. The molecule has 194 valence electrons. The van der Waals surface area contributed by atoms with Gasteiger partial charge in [-0.1, -0.05) is 48.5 Å². The molecule has 39 heavy (non-hydrogen) atoms. The van der Waals surface area contributed by atoms with Crippen LogP contribution in [0.4, 0.5) is 0 Å². The van der Waals surface area contributed by atoms with E-state index in [9.17, 15) is 0 Å². The van der Waals surface area contributed by atoms with Crippen LogP contribution < -0.4 is 10.6 Å². The number of hydrogen-bond acceptors (Lipinski definition) is 2. The van der Waals surface area contributed by atoms with E-state index >= 15 is 0 Å². The molecule has 1 aliphatic rings. The van der Waals surface area contributed by atoms with Crippen LogP contribution in [0.15, 0.2) is 91.3 Å². The molecule has 0 saturated heterocycles. The van der Waals surface area contributed by atoms with Crippen molar-refractivity contribution in [2.24, 2.45) is 0 Å². The highest BCUT2D eigenvalue weighted by Crippen LogP contribution is 2.39. The molecule has 4 aromatic carbocycles. The van der Waals surface area contributed by atoms with Gasteiger partial charge >= 0.3 is 0 Å². The first kappa shape index (κ1) is 24.0. The average Bonchev–Trinajstić information content (AvgIpc) is 3.63. The standard InChI is InChI=1S/C35H34N4/c1-36-21-28-6-3-2-5-24(28)17-29-19-26-12-15-39-34(26)20-31(29)35-27(9-10-33-30(35)13-16-38-33)18-25-8-4-7-23-11-14-37-22-32(23)25/h2-10,12-13,15-16,19-20,36-39H,11,14,17-18,21-22H2,1H3. The summed E-state index contributed by atoms with van der Waals surface area (Å²) in [6, 6.07) is 29.5. The number of aromatic nitrogens is 2. The lowest BCUT2D eigenvalue weighted by molar-refractivity contribution is 0.639. The lowest BCUT2D eigenvalue weighted by atomic mass is 9.85.